The average molecular weight is 276 g/mol. The van der Waals surface area contributed by atoms with Crippen LogP contribution in [0, 0.1) is 6.92 Å². The Labute approximate surface area is 120 Å². The van der Waals surface area contributed by atoms with E-state index in [1.807, 2.05) is 0 Å². The van der Waals surface area contributed by atoms with Gasteiger partial charge in [0.25, 0.3) is 0 Å². The SMILES string of the molecule is CCCCCCCCNc1nc2ccc(C)cc2s1. The van der Waals surface area contributed by atoms with Crippen LogP contribution in [0.3, 0.4) is 0 Å². The fourth-order valence-corrected chi connectivity index (χ4v) is 3.20. The summed E-state index contributed by atoms with van der Waals surface area (Å²) < 4.78 is 1.28. The van der Waals surface area contributed by atoms with Crippen molar-refractivity contribution < 1.29 is 0 Å². The van der Waals surface area contributed by atoms with Crippen LogP contribution in [0.2, 0.25) is 0 Å². The lowest BCUT2D eigenvalue weighted by atomic mass is 10.1. The summed E-state index contributed by atoms with van der Waals surface area (Å²) in [5.74, 6) is 0. The van der Waals surface area contributed by atoms with Gasteiger partial charge in [0.15, 0.2) is 5.13 Å². The molecule has 0 unspecified atom stereocenters. The van der Waals surface area contributed by atoms with Gasteiger partial charge >= 0.3 is 0 Å². The van der Waals surface area contributed by atoms with Crippen LogP contribution in [0.4, 0.5) is 5.13 Å². The number of hydrogen-bond donors (Lipinski definition) is 1. The maximum atomic E-state index is 4.61. The highest BCUT2D eigenvalue weighted by molar-refractivity contribution is 7.22. The molecule has 0 aliphatic heterocycles. The molecule has 1 aromatic carbocycles. The molecule has 2 aromatic rings. The van der Waals surface area contributed by atoms with Gasteiger partial charge in [-0.15, -0.1) is 0 Å². The Bertz CT molecular complexity index is 504. The second-order valence-electron chi connectivity index (χ2n) is 5.18. The number of aryl methyl sites for hydroxylation is 1. The molecule has 0 aliphatic carbocycles. The van der Waals surface area contributed by atoms with Gasteiger partial charge in [-0.2, -0.15) is 0 Å². The summed E-state index contributed by atoms with van der Waals surface area (Å²) in [5.41, 5.74) is 2.42. The average Bonchev–Trinajstić information content (AvgIpc) is 2.79. The van der Waals surface area contributed by atoms with Crippen LogP contribution in [-0.4, -0.2) is 11.5 Å². The minimum atomic E-state index is 1.05. The van der Waals surface area contributed by atoms with Gasteiger partial charge in [0, 0.05) is 6.54 Å². The van der Waals surface area contributed by atoms with Crippen LogP contribution in [0.25, 0.3) is 10.2 Å². The smallest absolute Gasteiger partial charge is 0.183 e. The Kier molecular flexibility index (Phi) is 5.64. The highest BCUT2D eigenvalue weighted by Gasteiger charge is 2.02. The molecule has 0 bridgehead atoms. The number of anilines is 1. The number of benzene rings is 1. The molecule has 0 saturated heterocycles. The third-order valence-corrected chi connectivity index (χ3v) is 4.33. The zero-order valence-electron chi connectivity index (χ0n) is 12.0. The van der Waals surface area contributed by atoms with Crippen molar-refractivity contribution in [2.75, 3.05) is 11.9 Å². The van der Waals surface area contributed by atoms with Gasteiger partial charge in [0.05, 0.1) is 10.2 Å². The van der Waals surface area contributed by atoms with E-state index in [4.69, 9.17) is 0 Å². The molecule has 1 aromatic heterocycles. The normalized spacial score (nSPS) is 11.1. The van der Waals surface area contributed by atoms with Crippen molar-refractivity contribution in [3.05, 3.63) is 23.8 Å². The summed E-state index contributed by atoms with van der Waals surface area (Å²) in [6.45, 7) is 5.43. The van der Waals surface area contributed by atoms with Gasteiger partial charge in [-0.1, -0.05) is 56.4 Å². The van der Waals surface area contributed by atoms with Crippen molar-refractivity contribution in [1.29, 1.82) is 0 Å². The first-order valence-corrected chi connectivity index (χ1v) is 8.22. The van der Waals surface area contributed by atoms with E-state index in [1.54, 1.807) is 11.3 Å². The molecule has 0 amide bonds. The second kappa shape index (κ2) is 7.49. The largest absolute Gasteiger partial charge is 0.361 e. The molecule has 2 rings (SSSR count). The molecule has 0 radical (unpaired) electrons. The molecule has 1 N–H and O–H groups in total. The summed E-state index contributed by atoms with van der Waals surface area (Å²) in [6, 6.07) is 6.44. The summed E-state index contributed by atoms with van der Waals surface area (Å²) in [4.78, 5) is 4.61. The topological polar surface area (TPSA) is 24.9 Å². The van der Waals surface area contributed by atoms with Crippen LogP contribution < -0.4 is 5.32 Å². The zero-order chi connectivity index (χ0) is 13.5. The van der Waals surface area contributed by atoms with Crippen LogP contribution in [-0.2, 0) is 0 Å². The fraction of sp³-hybridized carbons (Fsp3) is 0.562. The molecule has 0 spiro atoms. The number of nitrogens with zero attached hydrogens (tertiary/aromatic N) is 1. The number of nitrogens with one attached hydrogen (secondary N) is 1. The summed E-state index contributed by atoms with van der Waals surface area (Å²) in [7, 11) is 0. The van der Waals surface area contributed by atoms with Crippen molar-refractivity contribution in [2.45, 2.75) is 52.4 Å². The van der Waals surface area contributed by atoms with Crippen molar-refractivity contribution in [3.8, 4) is 0 Å². The highest BCUT2D eigenvalue weighted by atomic mass is 32.1. The summed E-state index contributed by atoms with van der Waals surface area (Å²) in [6.07, 6.45) is 8.04. The first-order chi connectivity index (χ1) is 9.29. The van der Waals surface area contributed by atoms with E-state index in [0.717, 1.165) is 17.2 Å². The lowest BCUT2D eigenvalue weighted by molar-refractivity contribution is 0.617. The Morgan fingerprint density at radius 3 is 2.74 bits per heavy atom. The molecule has 0 saturated carbocycles. The number of rotatable bonds is 8. The molecule has 0 fully saturated rings. The maximum Gasteiger partial charge on any atom is 0.183 e. The molecule has 0 atom stereocenters. The Balaban J connectivity index is 1.72. The van der Waals surface area contributed by atoms with Crippen LogP contribution in [0.5, 0.6) is 0 Å². The van der Waals surface area contributed by atoms with Gasteiger partial charge in [0.2, 0.25) is 0 Å². The maximum absolute atomic E-state index is 4.61. The number of fused-ring (bicyclic) bond motifs is 1. The van der Waals surface area contributed by atoms with E-state index in [-0.39, 0.29) is 0 Å². The Morgan fingerprint density at radius 1 is 1.11 bits per heavy atom. The molecular formula is C16H24N2S. The first kappa shape index (κ1) is 14.3. The van der Waals surface area contributed by atoms with Gasteiger partial charge in [-0.05, 0) is 31.0 Å². The second-order valence-corrected chi connectivity index (χ2v) is 6.22. The van der Waals surface area contributed by atoms with Crippen LogP contribution in [0.1, 0.15) is 51.0 Å². The zero-order valence-corrected chi connectivity index (χ0v) is 12.9. The summed E-state index contributed by atoms with van der Waals surface area (Å²) in [5, 5.41) is 4.52. The van der Waals surface area contributed by atoms with E-state index < -0.39 is 0 Å². The molecule has 1 heterocycles. The fourth-order valence-electron chi connectivity index (χ4n) is 2.21. The minimum Gasteiger partial charge on any atom is -0.361 e. The van der Waals surface area contributed by atoms with Gasteiger partial charge in [-0.3, -0.25) is 0 Å². The highest BCUT2D eigenvalue weighted by Crippen LogP contribution is 2.26. The summed E-state index contributed by atoms with van der Waals surface area (Å²) >= 11 is 1.76. The quantitative estimate of drug-likeness (QED) is 0.655. The Morgan fingerprint density at radius 2 is 1.89 bits per heavy atom. The standard InChI is InChI=1S/C16H24N2S/c1-3-4-5-6-7-8-11-17-16-18-14-10-9-13(2)12-15(14)19-16/h9-10,12H,3-8,11H2,1-2H3,(H,17,18). The van der Waals surface area contributed by atoms with Crippen molar-refractivity contribution in [2.24, 2.45) is 0 Å². The minimum absolute atomic E-state index is 1.05. The molecule has 2 nitrogen and oxygen atoms in total. The van der Waals surface area contributed by atoms with E-state index >= 15 is 0 Å². The lowest BCUT2D eigenvalue weighted by Gasteiger charge is -2.02. The number of aromatic nitrogens is 1. The molecular weight excluding hydrogens is 252 g/mol. The third kappa shape index (κ3) is 4.50. The predicted molar refractivity (Wildman–Crippen MR) is 86.2 cm³/mol. The molecule has 3 heteroatoms. The monoisotopic (exact) mass is 276 g/mol. The van der Waals surface area contributed by atoms with E-state index in [9.17, 15) is 0 Å². The van der Waals surface area contributed by atoms with E-state index in [1.165, 1.54) is 48.8 Å². The molecule has 0 aliphatic rings. The molecule has 104 valence electrons. The van der Waals surface area contributed by atoms with Gasteiger partial charge in [0.1, 0.15) is 0 Å². The lowest BCUT2D eigenvalue weighted by Crippen LogP contribution is -2.00. The van der Waals surface area contributed by atoms with E-state index in [0.29, 0.717) is 0 Å². The number of unbranched alkanes of at least 4 members (excludes halogenated alkanes) is 5. The van der Waals surface area contributed by atoms with Crippen molar-refractivity contribution in [1.82, 2.24) is 4.98 Å². The van der Waals surface area contributed by atoms with E-state index in [2.05, 4.69) is 42.3 Å². The molecule has 19 heavy (non-hydrogen) atoms. The number of thiazole rings is 1. The van der Waals surface area contributed by atoms with Gasteiger partial charge in [-0.25, -0.2) is 4.98 Å². The van der Waals surface area contributed by atoms with Crippen molar-refractivity contribution >= 4 is 26.7 Å². The van der Waals surface area contributed by atoms with Crippen LogP contribution in [0.15, 0.2) is 18.2 Å². The Hall–Kier alpha value is -1.09. The predicted octanol–water partition coefficient (Wildman–Crippen LogP) is 5.38. The van der Waals surface area contributed by atoms with Crippen molar-refractivity contribution in [3.63, 3.8) is 0 Å². The van der Waals surface area contributed by atoms with Crippen LogP contribution >= 0.6 is 11.3 Å². The first-order valence-electron chi connectivity index (χ1n) is 7.40. The third-order valence-electron chi connectivity index (χ3n) is 3.35. The van der Waals surface area contributed by atoms with Gasteiger partial charge < -0.3 is 5.32 Å². The number of hydrogen-bond acceptors (Lipinski definition) is 3.